The SMILES string of the molecule is CC1C(CN2CCN(Cc3ccccc3)CC2)OC(c2ccc(-c3cccc(CN4C(=O)CC(NC(=O)OCc5ccccc5)C4=O)c3)cc2)OC1c1ccc(CO)cc1. The predicted octanol–water partition coefficient (Wildman–Crippen LogP) is 7.01. The first kappa shape index (κ1) is 41.1. The van der Waals surface area contributed by atoms with Gasteiger partial charge >= 0.3 is 6.09 Å². The van der Waals surface area contributed by atoms with Crippen molar-refractivity contribution in [1.29, 1.82) is 0 Å². The van der Waals surface area contributed by atoms with E-state index < -0.39 is 24.3 Å². The number of carbonyl (C=O) groups excluding carboxylic acids is 3. The molecule has 0 aromatic heterocycles. The third-order valence-electron chi connectivity index (χ3n) is 11.8. The zero-order chi connectivity index (χ0) is 41.4. The summed E-state index contributed by atoms with van der Waals surface area (Å²) in [6, 6.07) is 42.8. The van der Waals surface area contributed by atoms with E-state index in [-0.39, 0.29) is 50.2 Å². The quantitative estimate of drug-likeness (QED) is 0.121. The molecule has 0 saturated carbocycles. The number of ether oxygens (including phenoxy) is 3. The Labute approximate surface area is 351 Å². The van der Waals surface area contributed by atoms with E-state index in [1.165, 1.54) is 10.5 Å². The number of rotatable bonds is 13. The molecule has 5 aromatic carbocycles. The van der Waals surface area contributed by atoms with Crippen LogP contribution in [0, 0.1) is 5.92 Å². The fraction of sp³-hybridized carbons (Fsp3) is 0.327. The van der Waals surface area contributed by atoms with Crippen LogP contribution in [0.15, 0.2) is 133 Å². The minimum atomic E-state index is -0.974. The third kappa shape index (κ3) is 10.0. The van der Waals surface area contributed by atoms with E-state index in [1.807, 2.05) is 103 Å². The molecule has 5 aromatic rings. The predicted molar refractivity (Wildman–Crippen MR) is 227 cm³/mol. The highest BCUT2D eigenvalue weighted by Gasteiger charge is 2.41. The van der Waals surface area contributed by atoms with Gasteiger partial charge in [-0.3, -0.25) is 24.3 Å². The van der Waals surface area contributed by atoms with E-state index in [0.717, 1.165) is 78.2 Å². The lowest BCUT2D eigenvalue weighted by molar-refractivity contribution is -0.276. The number of alkyl carbamates (subject to hydrolysis) is 1. The number of aliphatic hydroxyl groups excluding tert-OH is 1. The molecule has 0 aliphatic carbocycles. The van der Waals surface area contributed by atoms with Gasteiger partial charge in [-0.25, -0.2) is 4.79 Å². The average molecular weight is 809 g/mol. The van der Waals surface area contributed by atoms with Gasteiger partial charge in [0.2, 0.25) is 5.91 Å². The van der Waals surface area contributed by atoms with E-state index >= 15 is 0 Å². The van der Waals surface area contributed by atoms with Crippen LogP contribution in [-0.2, 0) is 50.1 Å². The summed E-state index contributed by atoms with van der Waals surface area (Å²) < 4.78 is 18.8. The molecule has 3 amide bonds. The number of benzene rings is 5. The van der Waals surface area contributed by atoms with Crippen molar-refractivity contribution in [3.8, 4) is 11.1 Å². The molecule has 8 rings (SSSR count). The number of nitrogens with zero attached hydrogens (tertiary/aromatic N) is 3. The van der Waals surface area contributed by atoms with Crippen LogP contribution in [0.4, 0.5) is 4.79 Å². The van der Waals surface area contributed by atoms with E-state index in [2.05, 4.69) is 52.4 Å². The van der Waals surface area contributed by atoms with Crippen LogP contribution in [0.2, 0.25) is 0 Å². The molecule has 5 atom stereocenters. The molecule has 3 fully saturated rings. The van der Waals surface area contributed by atoms with Crippen LogP contribution in [0.1, 0.15) is 59.1 Å². The Morgan fingerprint density at radius 1 is 0.700 bits per heavy atom. The normalized spacial score (nSPS) is 22.5. The summed E-state index contributed by atoms with van der Waals surface area (Å²) in [6.07, 6.45) is -1.73. The molecule has 0 spiro atoms. The summed E-state index contributed by atoms with van der Waals surface area (Å²) >= 11 is 0. The monoisotopic (exact) mass is 808 g/mol. The lowest BCUT2D eigenvalue weighted by atomic mass is 9.89. The van der Waals surface area contributed by atoms with Gasteiger partial charge in [0.05, 0.1) is 31.8 Å². The first-order valence-corrected chi connectivity index (χ1v) is 20.8. The number of aliphatic hydroxyl groups is 1. The molecular formula is C49H52N4O7. The van der Waals surface area contributed by atoms with Crippen molar-refractivity contribution in [2.45, 2.75) is 64.2 Å². The maximum Gasteiger partial charge on any atom is 0.408 e. The van der Waals surface area contributed by atoms with Crippen molar-refractivity contribution < 1.29 is 33.7 Å². The molecule has 3 heterocycles. The topological polar surface area (TPSA) is 121 Å². The van der Waals surface area contributed by atoms with Gasteiger partial charge in [0.15, 0.2) is 6.29 Å². The largest absolute Gasteiger partial charge is 0.445 e. The fourth-order valence-corrected chi connectivity index (χ4v) is 8.29. The van der Waals surface area contributed by atoms with E-state index in [1.54, 1.807) is 0 Å². The standard InChI is InChI=1S/C49H52N4O7/c1-34-44(31-52-25-23-51(24-26-52)29-35-9-4-2-5-10-35)59-48(60-46(34)40-17-15-36(32-54)16-18-40)41-21-19-39(20-22-41)42-14-8-13-38(27-42)30-53-45(55)28-43(47(53)56)50-49(57)58-33-37-11-6-3-7-12-37/h2-22,27,34,43-44,46,48,54H,23-26,28-33H2,1H3,(H,50,57). The number of hydrogen-bond donors (Lipinski definition) is 2. The minimum Gasteiger partial charge on any atom is -0.445 e. The van der Waals surface area contributed by atoms with Gasteiger partial charge in [-0.2, -0.15) is 0 Å². The maximum atomic E-state index is 13.2. The van der Waals surface area contributed by atoms with Crippen molar-refractivity contribution in [3.05, 3.63) is 167 Å². The van der Waals surface area contributed by atoms with Gasteiger partial charge in [-0.15, -0.1) is 0 Å². The Bertz CT molecular complexity index is 2210. The first-order chi connectivity index (χ1) is 29.3. The molecule has 3 aliphatic heterocycles. The second-order valence-corrected chi connectivity index (χ2v) is 16.0. The molecule has 60 heavy (non-hydrogen) atoms. The number of imide groups is 1. The highest BCUT2D eigenvalue weighted by molar-refractivity contribution is 6.06. The Morgan fingerprint density at radius 3 is 2.05 bits per heavy atom. The van der Waals surface area contributed by atoms with Gasteiger partial charge in [-0.1, -0.05) is 134 Å². The summed E-state index contributed by atoms with van der Waals surface area (Å²) in [5, 5.41) is 12.2. The fourth-order valence-electron chi connectivity index (χ4n) is 8.29. The van der Waals surface area contributed by atoms with E-state index in [4.69, 9.17) is 14.2 Å². The van der Waals surface area contributed by atoms with Crippen molar-refractivity contribution in [3.63, 3.8) is 0 Å². The highest BCUT2D eigenvalue weighted by Crippen LogP contribution is 2.42. The van der Waals surface area contributed by atoms with Gasteiger partial charge in [0.1, 0.15) is 12.6 Å². The lowest BCUT2D eigenvalue weighted by Gasteiger charge is -2.44. The minimum absolute atomic E-state index is 0.0123. The van der Waals surface area contributed by atoms with Crippen LogP contribution in [0.25, 0.3) is 11.1 Å². The Hall–Kier alpha value is -5.69. The summed E-state index contributed by atoms with van der Waals surface area (Å²) in [6.45, 7) is 8.04. The zero-order valence-corrected chi connectivity index (χ0v) is 33.9. The van der Waals surface area contributed by atoms with Crippen LogP contribution in [-0.4, -0.2) is 82.6 Å². The summed E-state index contributed by atoms with van der Waals surface area (Å²) in [4.78, 5) is 44.9. The number of carbonyl (C=O) groups is 3. The molecule has 310 valence electrons. The summed E-state index contributed by atoms with van der Waals surface area (Å²) in [7, 11) is 0. The van der Waals surface area contributed by atoms with Gasteiger partial charge in [-0.05, 0) is 45.0 Å². The molecule has 3 saturated heterocycles. The van der Waals surface area contributed by atoms with Crippen molar-refractivity contribution in [2.75, 3.05) is 32.7 Å². The number of piperazine rings is 1. The third-order valence-corrected chi connectivity index (χ3v) is 11.8. The Kier molecular flexibility index (Phi) is 13.1. The number of amides is 3. The van der Waals surface area contributed by atoms with E-state index in [0.29, 0.717) is 0 Å². The number of likely N-dealkylation sites (tertiary alicyclic amines) is 1. The smallest absolute Gasteiger partial charge is 0.408 e. The van der Waals surface area contributed by atoms with Crippen molar-refractivity contribution >= 4 is 17.9 Å². The molecule has 3 aliphatic rings. The number of nitrogens with one attached hydrogen (secondary N) is 1. The van der Waals surface area contributed by atoms with Gasteiger partial charge in [0, 0.05) is 50.7 Å². The van der Waals surface area contributed by atoms with E-state index in [9.17, 15) is 19.5 Å². The van der Waals surface area contributed by atoms with Gasteiger partial charge < -0.3 is 24.6 Å². The van der Waals surface area contributed by atoms with Crippen LogP contribution < -0.4 is 5.32 Å². The average Bonchev–Trinajstić information content (AvgIpc) is 3.54. The molecule has 2 N–H and O–H groups in total. The Balaban J connectivity index is 0.913. The van der Waals surface area contributed by atoms with Crippen molar-refractivity contribution in [1.82, 2.24) is 20.0 Å². The molecule has 0 radical (unpaired) electrons. The van der Waals surface area contributed by atoms with Crippen LogP contribution >= 0.6 is 0 Å². The molecular weight excluding hydrogens is 757 g/mol. The molecule has 11 nitrogen and oxygen atoms in total. The van der Waals surface area contributed by atoms with Gasteiger partial charge in [0.25, 0.3) is 5.91 Å². The summed E-state index contributed by atoms with van der Waals surface area (Å²) in [5.74, 6) is -0.727. The second-order valence-electron chi connectivity index (χ2n) is 16.0. The maximum absolute atomic E-state index is 13.2. The highest BCUT2D eigenvalue weighted by atomic mass is 16.7. The molecule has 0 bridgehead atoms. The number of hydrogen-bond acceptors (Lipinski definition) is 9. The molecule has 11 heteroatoms. The zero-order valence-electron chi connectivity index (χ0n) is 33.9. The van der Waals surface area contributed by atoms with Crippen LogP contribution in [0.3, 0.4) is 0 Å². The second kappa shape index (κ2) is 19.1. The molecule has 5 unspecified atom stereocenters. The Morgan fingerprint density at radius 2 is 1.35 bits per heavy atom. The summed E-state index contributed by atoms with van der Waals surface area (Å²) in [5.41, 5.74) is 7.66. The lowest BCUT2D eigenvalue weighted by Crippen LogP contribution is -2.51. The van der Waals surface area contributed by atoms with Crippen LogP contribution in [0.5, 0.6) is 0 Å². The first-order valence-electron chi connectivity index (χ1n) is 20.8. The van der Waals surface area contributed by atoms with Crippen molar-refractivity contribution in [2.24, 2.45) is 5.92 Å².